The van der Waals surface area contributed by atoms with Gasteiger partial charge in [-0.3, -0.25) is 0 Å². The Hall–Kier alpha value is -2.51. The van der Waals surface area contributed by atoms with Crippen molar-refractivity contribution in [3.8, 4) is 17.2 Å². The Labute approximate surface area is 179 Å². The summed E-state index contributed by atoms with van der Waals surface area (Å²) in [4.78, 5) is 0.0243. The first kappa shape index (κ1) is 21.2. The van der Waals surface area contributed by atoms with Crippen LogP contribution in [0.4, 0.5) is 0 Å². The highest BCUT2D eigenvalue weighted by Gasteiger charge is 2.19. The lowest BCUT2D eigenvalue weighted by Gasteiger charge is -2.11. The predicted molar refractivity (Wildman–Crippen MR) is 115 cm³/mol. The molecule has 0 amide bonds. The molecule has 0 N–H and O–H groups in total. The van der Waals surface area contributed by atoms with Crippen molar-refractivity contribution in [2.45, 2.75) is 24.8 Å². The van der Waals surface area contributed by atoms with Gasteiger partial charge in [0.05, 0.1) is 11.1 Å². The lowest BCUT2D eigenvalue weighted by molar-refractivity contribution is 0.306. The minimum absolute atomic E-state index is 0.0243. The van der Waals surface area contributed by atoms with Crippen molar-refractivity contribution in [1.82, 2.24) is 0 Å². The molecule has 0 fully saturated rings. The topological polar surface area (TPSA) is 61.8 Å². The van der Waals surface area contributed by atoms with Crippen LogP contribution < -0.4 is 13.7 Å². The summed E-state index contributed by atoms with van der Waals surface area (Å²) < 4.78 is 42.4. The molecule has 5 nitrogen and oxygen atoms in total. The zero-order valence-corrected chi connectivity index (χ0v) is 18.3. The molecule has 0 atom stereocenters. The first-order valence-corrected chi connectivity index (χ1v) is 11.3. The molecule has 0 saturated heterocycles. The SMILES string of the molecule is CCCOc1cc(S(=O)(=O)Oc2ccc(OCc3ccccc3)cc2)ccc1Br. The van der Waals surface area contributed by atoms with Crippen LogP contribution in [0.1, 0.15) is 18.9 Å². The third-order valence-corrected chi connectivity index (χ3v) is 5.83. The van der Waals surface area contributed by atoms with Gasteiger partial charge < -0.3 is 13.7 Å². The molecule has 0 heterocycles. The Bertz CT molecular complexity index is 1030. The number of ether oxygens (including phenoxy) is 2. The van der Waals surface area contributed by atoms with Crippen molar-refractivity contribution in [2.24, 2.45) is 0 Å². The fourth-order valence-corrected chi connectivity index (χ4v) is 3.78. The maximum absolute atomic E-state index is 12.6. The molecule has 3 aromatic carbocycles. The van der Waals surface area contributed by atoms with Crippen LogP contribution in [0.2, 0.25) is 0 Å². The van der Waals surface area contributed by atoms with Crippen LogP contribution in [0, 0.1) is 0 Å². The molecule has 3 aromatic rings. The summed E-state index contributed by atoms with van der Waals surface area (Å²) in [6, 6.07) is 20.8. The minimum Gasteiger partial charge on any atom is -0.492 e. The first-order valence-electron chi connectivity index (χ1n) is 9.11. The number of hydrogen-bond donors (Lipinski definition) is 0. The Morgan fingerprint density at radius 3 is 2.24 bits per heavy atom. The van der Waals surface area contributed by atoms with Gasteiger partial charge in [0.1, 0.15) is 28.8 Å². The number of halogens is 1. The van der Waals surface area contributed by atoms with Gasteiger partial charge in [0.15, 0.2) is 0 Å². The monoisotopic (exact) mass is 476 g/mol. The molecule has 7 heteroatoms. The molecule has 0 aromatic heterocycles. The van der Waals surface area contributed by atoms with E-state index in [9.17, 15) is 8.42 Å². The number of rotatable bonds is 9. The van der Waals surface area contributed by atoms with E-state index >= 15 is 0 Å². The van der Waals surface area contributed by atoms with Gasteiger partial charge in [-0.25, -0.2) is 0 Å². The van der Waals surface area contributed by atoms with Crippen molar-refractivity contribution in [2.75, 3.05) is 6.61 Å². The summed E-state index contributed by atoms with van der Waals surface area (Å²) in [5, 5.41) is 0. The van der Waals surface area contributed by atoms with Crippen LogP contribution in [0.5, 0.6) is 17.2 Å². The number of benzene rings is 3. The Kier molecular flexibility index (Phi) is 7.17. The van der Waals surface area contributed by atoms with Crippen LogP contribution in [0.3, 0.4) is 0 Å². The highest BCUT2D eigenvalue weighted by molar-refractivity contribution is 9.10. The molecule has 0 aliphatic heterocycles. The fourth-order valence-electron chi connectivity index (χ4n) is 2.47. The molecular formula is C22H21BrO5S. The standard InChI is InChI=1S/C22H21BrO5S/c1-2-14-26-22-15-20(12-13-21(22)23)29(24,25)28-19-10-8-18(9-11-19)27-16-17-6-4-3-5-7-17/h3-13,15H,2,14,16H2,1H3. The normalized spacial score (nSPS) is 11.1. The van der Waals surface area contributed by atoms with Gasteiger partial charge >= 0.3 is 10.1 Å². The average molecular weight is 477 g/mol. The Morgan fingerprint density at radius 1 is 0.862 bits per heavy atom. The zero-order chi connectivity index (χ0) is 20.7. The van der Waals surface area contributed by atoms with E-state index in [1.807, 2.05) is 37.3 Å². The summed E-state index contributed by atoms with van der Waals surface area (Å²) in [5.41, 5.74) is 1.05. The van der Waals surface area contributed by atoms with E-state index in [0.29, 0.717) is 29.2 Å². The third kappa shape index (κ3) is 5.98. The van der Waals surface area contributed by atoms with Crippen LogP contribution in [0.15, 0.2) is 82.2 Å². The van der Waals surface area contributed by atoms with Gasteiger partial charge in [0.2, 0.25) is 0 Å². The van der Waals surface area contributed by atoms with Crippen molar-refractivity contribution in [3.63, 3.8) is 0 Å². The summed E-state index contributed by atoms with van der Waals surface area (Å²) in [6.07, 6.45) is 0.818. The maximum atomic E-state index is 12.6. The minimum atomic E-state index is -3.99. The molecule has 3 rings (SSSR count). The summed E-state index contributed by atoms with van der Waals surface area (Å²) in [7, 11) is -3.99. The molecule has 0 radical (unpaired) electrons. The summed E-state index contributed by atoms with van der Waals surface area (Å²) in [5.74, 6) is 1.29. The second-order valence-corrected chi connectivity index (χ2v) is 8.62. The van der Waals surface area contributed by atoms with Gasteiger partial charge in [-0.05, 0) is 64.3 Å². The first-order chi connectivity index (χ1) is 14.0. The maximum Gasteiger partial charge on any atom is 0.339 e. The average Bonchev–Trinajstić information content (AvgIpc) is 2.73. The number of hydrogen-bond acceptors (Lipinski definition) is 5. The largest absolute Gasteiger partial charge is 0.492 e. The van der Waals surface area contributed by atoms with Crippen molar-refractivity contribution < 1.29 is 22.1 Å². The van der Waals surface area contributed by atoms with Crippen molar-refractivity contribution in [1.29, 1.82) is 0 Å². The van der Waals surface area contributed by atoms with E-state index in [4.69, 9.17) is 13.7 Å². The van der Waals surface area contributed by atoms with Crippen LogP contribution in [0.25, 0.3) is 0 Å². The summed E-state index contributed by atoms with van der Waals surface area (Å²) in [6.45, 7) is 2.90. The molecule has 0 aliphatic carbocycles. The second-order valence-electron chi connectivity index (χ2n) is 6.22. The predicted octanol–water partition coefficient (Wildman–Crippen LogP) is 5.58. The lowest BCUT2D eigenvalue weighted by atomic mass is 10.2. The van der Waals surface area contributed by atoms with Crippen molar-refractivity contribution in [3.05, 3.63) is 82.8 Å². The van der Waals surface area contributed by atoms with E-state index in [1.54, 1.807) is 30.3 Å². The van der Waals surface area contributed by atoms with Crippen molar-refractivity contribution >= 4 is 26.0 Å². The third-order valence-electron chi connectivity index (χ3n) is 3.93. The fraction of sp³-hybridized carbons (Fsp3) is 0.182. The second kappa shape index (κ2) is 9.80. The van der Waals surface area contributed by atoms with E-state index < -0.39 is 10.1 Å². The van der Waals surface area contributed by atoms with E-state index in [0.717, 1.165) is 12.0 Å². The van der Waals surface area contributed by atoms with E-state index in [-0.39, 0.29) is 10.6 Å². The Balaban J connectivity index is 1.67. The van der Waals surface area contributed by atoms with Gasteiger partial charge in [-0.2, -0.15) is 8.42 Å². The molecule has 0 aliphatic rings. The van der Waals surface area contributed by atoms with Gasteiger partial charge in [0.25, 0.3) is 0 Å². The quantitative estimate of drug-likeness (QED) is 0.377. The van der Waals surface area contributed by atoms with Crippen LogP contribution >= 0.6 is 15.9 Å². The molecule has 152 valence electrons. The smallest absolute Gasteiger partial charge is 0.339 e. The zero-order valence-electron chi connectivity index (χ0n) is 15.9. The summed E-state index contributed by atoms with van der Waals surface area (Å²) >= 11 is 3.36. The molecule has 0 saturated carbocycles. The van der Waals surface area contributed by atoms with Gasteiger partial charge in [-0.15, -0.1) is 0 Å². The van der Waals surface area contributed by atoms with E-state index in [2.05, 4.69) is 15.9 Å². The highest BCUT2D eigenvalue weighted by Crippen LogP contribution is 2.30. The molecule has 0 spiro atoms. The van der Waals surface area contributed by atoms with E-state index in [1.165, 1.54) is 12.1 Å². The lowest BCUT2D eigenvalue weighted by Crippen LogP contribution is -2.10. The molecule has 29 heavy (non-hydrogen) atoms. The highest BCUT2D eigenvalue weighted by atomic mass is 79.9. The van der Waals surface area contributed by atoms with Gasteiger partial charge in [-0.1, -0.05) is 37.3 Å². The molecule has 0 unspecified atom stereocenters. The van der Waals surface area contributed by atoms with Gasteiger partial charge in [0, 0.05) is 6.07 Å². The van der Waals surface area contributed by atoms with Crippen LogP contribution in [-0.4, -0.2) is 15.0 Å². The molecular weight excluding hydrogens is 456 g/mol. The Morgan fingerprint density at radius 2 is 1.55 bits per heavy atom. The molecule has 0 bridgehead atoms. The van der Waals surface area contributed by atoms with Crippen LogP contribution in [-0.2, 0) is 16.7 Å².